The summed E-state index contributed by atoms with van der Waals surface area (Å²) in [4.78, 5) is 19.8. The van der Waals surface area contributed by atoms with E-state index in [0.717, 1.165) is 5.56 Å². The number of aromatic nitrogens is 2. The number of hydrogen-bond acceptors (Lipinski definition) is 4. The number of anilines is 2. The summed E-state index contributed by atoms with van der Waals surface area (Å²) in [5.74, 6) is 0.217. The molecule has 0 fully saturated rings. The molecule has 0 aliphatic carbocycles. The van der Waals surface area contributed by atoms with E-state index in [9.17, 15) is 4.79 Å². The Hall–Kier alpha value is -2.43. The van der Waals surface area contributed by atoms with Crippen molar-refractivity contribution in [3.05, 3.63) is 47.9 Å². The van der Waals surface area contributed by atoms with E-state index in [1.807, 2.05) is 13.0 Å². The molecule has 5 nitrogen and oxygen atoms in total. The monoisotopic (exact) mass is 228 g/mol. The van der Waals surface area contributed by atoms with Crippen molar-refractivity contribution in [3.63, 3.8) is 0 Å². The Kier molecular flexibility index (Phi) is 3.00. The smallest absolute Gasteiger partial charge is 0.259 e. The number of hydrogen-bond donors (Lipinski definition) is 2. The van der Waals surface area contributed by atoms with Crippen molar-refractivity contribution >= 4 is 17.4 Å². The molecule has 86 valence electrons. The van der Waals surface area contributed by atoms with Crippen molar-refractivity contribution < 1.29 is 4.79 Å². The Morgan fingerprint density at radius 2 is 2.18 bits per heavy atom. The van der Waals surface area contributed by atoms with Crippen LogP contribution in [0.5, 0.6) is 0 Å². The molecule has 5 heteroatoms. The molecule has 0 saturated carbocycles. The summed E-state index contributed by atoms with van der Waals surface area (Å²) in [5.41, 5.74) is 7.42. The number of nitrogen functional groups attached to an aromatic ring is 1. The number of nitrogens with one attached hydrogen (secondary N) is 1. The van der Waals surface area contributed by atoms with Crippen molar-refractivity contribution in [2.45, 2.75) is 6.92 Å². The lowest BCUT2D eigenvalue weighted by Gasteiger charge is -2.06. The fourth-order valence-electron chi connectivity index (χ4n) is 1.40. The third-order valence-corrected chi connectivity index (χ3v) is 2.25. The number of carbonyl (C=O) groups is 1. The van der Waals surface area contributed by atoms with Crippen LogP contribution in [-0.2, 0) is 0 Å². The molecule has 1 amide bonds. The first-order chi connectivity index (χ1) is 8.16. The molecule has 2 aromatic heterocycles. The molecule has 2 aromatic rings. The molecule has 17 heavy (non-hydrogen) atoms. The van der Waals surface area contributed by atoms with Crippen molar-refractivity contribution in [1.29, 1.82) is 0 Å². The van der Waals surface area contributed by atoms with Crippen LogP contribution in [0.15, 0.2) is 36.8 Å². The first-order valence-electron chi connectivity index (χ1n) is 5.10. The van der Waals surface area contributed by atoms with Crippen LogP contribution in [0.2, 0.25) is 0 Å². The number of nitrogens with zero attached hydrogens (tertiary/aromatic N) is 2. The summed E-state index contributed by atoms with van der Waals surface area (Å²) in [6.45, 7) is 1.93. The van der Waals surface area contributed by atoms with Gasteiger partial charge in [-0.1, -0.05) is 0 Å². The molecule has 0 aliphatic heterocycles. The summed E-state index contributed by atoms with van der Waals surface area (Å²) in [6, 6.07) is 5.21. The SMILES string of the molecule is Cc1ccnc(NC(=O)c2ccncc2N)c1. The summed E-state index contributed by atoms with van der Waals surface area (Å²) >= 11 is 0. The third-order valence-electron chi connectivity index (χ3n) is 2.25. The normalized spacial score (nSPS) is 9.94. The molecule has 0 aromatic carbocycles. The topological polar surface area (TPSA) is 80.9 Å². The van der Waals surface area contributed by atoms with Gasteiger partial charge in [-0.15, -0.1) is 0 Å². The minimum atomic E-state index is -0.289. The first-order valence-corrected chi connectivity index (χ1v) is 5.10. The minimum Gasteiger partial charge on any atom is -0.397 e. The summed E-state index contributed by atoms with van der Waals surface area (Å²) < 4.78 is 0. The molecule has 0 aliphatic rings. The molecule has 0 unspecified atom stereocenters. The van der Waals surface area contributed by atoms with E-state index in [1.165, 1.54) is 12.4 Å². The molecule has 0 atom stereocenters. The number of rotatable bonds is 2. The largest absolute Gasteiger partial charge is 0.397 e. The molecule has 3 N–H and O–H groups in total. The van der Waals surface area contributed by atoms with Crippen LogP contribution in [0.4, 0.5) is 11.5 Å². The van der Waals surface area contributed by atoms with E-state index in [4.69, 9.17) is 5.73 Å². The van der Waals surface area contributed by atoms with E-state index in [1.54, 1.807) is 18.3 Å². The standard InChI is InChI=1S/C12H12N4O/c1-8-2-5-15-11(6-8)16-12(17)9-3-4-14-7-10(9)13/h2-7H,13H2,1H3,(H,15,16,17). The Morgan fingerprint density at radius 3 is 2.88 bits per heavy atom. The van der Waals surface area contributed by atoms with Crippen molar-refractivity contribution in [1.82, 2.24) is 9.97 Å². The van der Waals surface area contributed by atoms with Gasteiger partial charge in [0.2, 0.25) is 0 Å². The van der Waals surface area contributed by atoms with Gasteiger partial charge in [-0.2, -0.15) is 0 Å². The Labute approximate surface area is 98.7 Å². The molecule has 0 radical (unpaired) electrons. The van der Waals surface area contributed by atoms with E-state index in [0.29, 0.717) is 17.1 Å². The second-order valence-electron chi connectivity index (χ2n) is 3.64. The number of pyridine rings is 2. The van der Waals surface area contributed by atoms with Gasteiger partial charge in [0.25, 0.3) is 5.91 Å². The van der Waals surface area contributed by atoms with Crippen LogP contribution in [0.3, 0.4) is 0 Å². The third kappa shape index (κ3) is 2.57. The predicted octanol–water partition coefficient (Wildman–Crippen LogP) is 1.62. The maximum atomic E-state index is 11.9. The van der Waals surface area contributed by atoms with Gasteiger partial charge in [0.05, 0.1) is 17.4 Å². The quantitative estimate of drug-likeness (QED) is 0.818. The predicted molar refractivity (Wildman–Crippen MR) is 65.6 cm³/mol. The highest BCUT2D eigenvalue weighted by molar-refractivity contribution is 6.07. The second kappa shape index (κ2) is 4.61. The average Bonchev–Trinajstić information content (AvgIpc) is 2.29. The van der Waals surface area contributed by atoms with Crippen LogP contribution in [0.25, 0.3) is 0 Å². The number of carbonyl (C=O) groups excluding carboxylic acids is 1. The number of amides is 1. The Bertz CT molecular complexity index is 554. The summed E-state index contributed by atoms with van der Waals surface area (Å²) in [7, 11) is 0. The molecule has 0 bridgehead atoms. The number of aryl methyl sites for hydroxylation is 1. The van der Waals surface area contributed by atoms with Crippen molar-refractivity contribution in [2.24, 2.45) is 0 Å². The minimum absolute atomic E-state index is 0.289. The first kappa shape index (κ1) is 11.1. The van der Waals surface area contributed by atoms with Crippen molar-refractivity contribution in [3.8, 4) is 0 Å². The zero-order chi connectivity index (χ0) is 12.3. The lowest BCUT2D eigenvalue weighted by atomic mass is 10.2. The molecule has 2 rings (SSSR count). The lowest BCUT2D eigenvalue weighted by Crippen LogP contribution is -2.15. The fraction of sp³-hybridized carbons (Fsp3) is 0.0833. The highest BCUT2D eigenvalue weighted by Gasteiger charge is 2.09. The van der Waals surface area contributed by atoms with Gasteiger partial charge in [-0.05, 0) is 30.7 Å². The van der Waals surface area contributed by atoms with E-state index in [2.05, 4.69) is 15.3 Å². The molecular formula is C12H12N4O. The molecule has 2 heterocycles. The van der Waals surface area contributed by atoms with Gasteiger partial charge < -0.3 is 11.1 Å². The van der Waals surface area contributed by atoms with E-state index < -0.39 is 0 Å². The lowest BCUT2D eigenvalue weighted by molar-refractivity contribution is 0.102. The summed E-state index contributed by atoms with van der Waals surface area (Å²) in [5, 5.41) is 2.68. The van der Waals surface area contributed by atoms with Gasteiger partial charge in [0.1, 0.15) is 5.82 Å². The molecule has 0 spiro atoms. The number of nitrogens with two attached hydrogens (primary N) is 1. The van der Waals surface area contributed by atoms with E-state index in [-0.39, 0.29) is 5.91 Å². The maximum Gasteiger partial charge on any atom is 0.259 e. The zero-order valence-electron chi connectivity index (χ0n) is 9.34. The molecular weight excluding hydrogens is 216 g/mol. The fourth-order valence-corrected chi connectivity index (χ4v) is 1.40. The van der Waals surface area contributed by atoms with Crippen LogP contribution < -0.4 is 11.1 Å². The van der Waals surface area contributed by atoms with Crippen LogP contribution in [0.1, 0.15) is 15.9 Å². The van der Waals surface area contributed by atoms with Crippen molar-refractivity contribution in [2.75, 3.05) is 11.1 Å². The maximum absolute atomic E-state index is 11.9. The van der Waals surface area contributed by atoms with Gasteiger partial charge >= 0.3 is 0 Å². The summed E-state index contributed by atoms with van der Waals surface area (Å²) in [6.07, 6.45) is 4.61. The van der Waals surface area contributed by atoms with Crippen LogP contribution in [0, 0.1) is 6.92 Å². The molecule has 0 saturated heterocycles. The zero-order valence-corrected chi connectivity index (χ0v) is 9.34. The van der Waals surface area contributed by atoms with Gasteiger partial charge in [-0.3, -0.25) is 9.78 Å². The van der Waals surface area contributed by atoms with Gasteiger partial charge in [0.15, 0.2) is 0 Å². The Balaban J connectivity index is 2.20. The van der Waals surface area contributed by atoms with Crippen LogP contribution >= 0.6 is 0 Å². The second-order valence-corrected chi connectivity index (χ2v) is 3.64. The highest BCUT2D eigenvalue weighted by Crippen LogP contribution is 2.12. The van der Waals surface area contributed by atoms with Crippen LogP contribution in [-0.4, -0.2) is 15.9 Å². The van der Waals surface area contributed by atoms with Gasteiger partial charge in [-0.25, -0.2) is 4.98 Å². The van der Waals surface area contributed by atoms with Gasteiger partial charge in [0, 0.05) is 12.4 Å². The Morgan fingerprint density at radius 1 is 1.35 bits per heavy atom. The highest BCUT2D eigenvalue weighted by atomic mass is 16.1. The average molecular weight is 228 g/mol. The van der Waals surface area contributed by atoms with E-state index >= 15 is 0 Å².